The summed E-state index contributed by atoms with van der Waals surface area (Å²) in [6.45, 7) is 3.00. The minimum Gasteiger partial charge on any atom is -0.458 e. The maximum Gasteiger partial charge on any atom is 0.331 e. The Morgan fingerprint density at radius 1 is 1.02 bits per heavy atom. The van der Waals surface area contributed by atoms with Crippen LogP contribution in [0.4, 0.5) is 0 Å². The first-order valence-electron chi connectivity index (χ1n) is 14.9. The van der Waals surface area contributed by atoms with Crippen LogP contribution in [0.25, 0.3) is 0 Å². The van der Waals surface area contributed by atoms with Crippen molar-refractivity contribution < 1.29 is 59.9 Å². The lowest BCUT2D eigenvalue weighted by molar-refractivity contribution is -0.342. The maximum absolute atomic E-state index is 12.4. The molecule has 0 radical (unpaired) electrons. The van der Waals surface area contributed by atoms with Crippen LogP contribution in [-0.2, 0) is 19.0 Å². The van der Waals surface area contributed by atoms with Crippen molar-refractivity contribution in [3.63, 3.8) is 0 Å². The van der Waals surface area contributed by atoms with Crippen LogP contribution in [0.3, 0.4) is 0 Å². The number of fused-ring (bicyclic) bond motifs is 5. The number of carbonyl (C=O) groups is 1. The number of cyclic esters (lactones) is 1. The molecule has 0 unspecified atom stereocenters. The first kappa shape index (κ1) is 29.9. The van der Waals surface area contributed by atoms with Gasteiger partial charge in [0.05, 0.1) is 47.6 Å². The highest BCUT2D eigenvalue weighted by Crippen LogP contribution is 2.70. The number of carbonyl (C=O) groups excluding carboxylic acids is 1. The van der Waals surface area contributed by atoms with Gasteiger partial charge in [0.25, 0.3) is 0 Å². The molecule has 232 valence electrons. The predicted octanol–water partition coefficient (Wildman–Crippen LogP) is -1.51. The zero-order valence-electron chi connectivity index (χ0n) is 23.5. The molecule has 4 aliphatic carbocycles. The first-order valence-corrected chi connectivity index (χ1v) is 14.9. The molecule has 2 aliphatic heterocycles. The van der Waals surface area contributed by atoms with Crippen molar-refractivity contribution >= 4 is 5.97 Å². The van der Waals surface area contributed by atoms with Crippen LogP contribution >= 0.6 is 0 Å². The highest BCUT2D eigenvalue weighted by atomic mass is 16.7. The Balaban J connectivity index is 1.28. The van der Waals surface area contributed by atoms with Crippen LogP contribution in [0, 0.1) is 28.6 Å². The van der Waals surface area contributed by atoms with Gasteiger partial charge in [-0.15, -0.1) is 0 Å². The molecule has 4 saturated carbocycles. The molecule has 0 aromatic rings. The van der Waals surface area contributed by atoms with Gasteiger partial charge in [0.2, 0.25) is 0 Å². The van der Waals surface area contributed by atoms with E-state index in [2.05, 4.69) is 0 Å². The van der Waals surface area contributed by atoms with Crippen LogP contribution in [0.5, 0.6) is 0 Å². The number of esters is 1. The molecule has 0 spiro atoms. The fourth-order valence-corrected chi connectivity index (χ4v) is 10.1. The molecular formula is C29H44O12. The topological polar surface area (TPSA) is 207 Å². The zero-order chi connectivity index (χ0) is 29.7. The highest BCUT2D eigenvalue weighted by molar-refractivity contribution is 5.85. The molecule has 41 heavy (non-hydrogen) atoms. The molecule has 2 heterocycles. The Kier molecular flexibility index (Phi) is 7.22. The highest BCUT2D eigenvalue weighted by Gasteiger charge is 2.75. The Labute approximate surface area is 238 Å². The van der Waals surface area contributed by atoms with Gasteiger partial charge in [-0.1, -0.05) is 6.92 Å². The van der Waals surface area contributed by atoms with E-state index in [-0.39, 0.29) is 38.2 Å². The number of rotatable bonds is 4. The lowest BCUT2D eigenvalue weighted by Crippen LogP contribution is -2.76. The third kappa shape index (κ3) is 3.99. The number of ether oxygens (including phenoxy) is 3. The molecule has 0 amide bonds. The molecule has 0 aromatic carbocycles. The van der Waals surface area contributed by atoms with Crippen LogP contribution in [0.15, 0.2) is 11.6 Å². The Hall–Kier alpha value is -1.19. The van der Waals surface area contributed by atoms with Crippen LogP contribution < -0.4 is 0 Å². The molecule has 15 atom stereocenters. The van der Waals surface area contributed by atoms with E-state index in [1.165, 1.54) is 13.0 Å². The van der Waals surface area contributed by atoms with Crippen LogP contribution in [0.2, 0.25) is 0 Å². The predicted molar refractivity (Wildman–Crippen MR) is 139 cm³/mol. The summed E-state index contributed by atoms with van der Waals surface area (Å²) in [6.07, 6.45) is -6.68. The molecule has 1 saturated heterocycles. The molecule has 8 N–H and O–H groups in total. The average Bonchev–Trinajstić information content (AvgIpc) is 3.45. The van der Waals surface area contributed by atoms with Crippen LogP contribution in [0.1, 0.15) is 58.8 Å². The van der Waals surface area contributed by atoms with Gasteiger partial charge in [-0.05, 0) is 56.4 Å². The molecule has 6 rings (SSSR count). The van der Waals surface area contributed by atoms with Gasteiger partial charge in [-0.3, -0.25) is 0 Å². The van der Waals surface area contributed by atoms with E-state index in [1.807, 2.05) is 6.92 Å². The van der Waals surface area contributed by atoms with Gasteiger partial charge in [0.15, 0.2) is 6.29 Å². The average molecular weight is 585 g/mol. The van der Waals surface area contributed by atoms with Gasteiger partial charge in [0, 0.05) is 30.3 Å². The number of hydrogen-bond donors (Lipinski definition) is 8. The van der Waals surface area contributed by atoms with Crippen molar-refractivity contribution in [2.24, 2.45) is 28.6 Å². The van der Waals surface area contributed by atoms with E-state index < -0.39 is 95.5 Å². The second-order valence-corrected chi connectivity index (χ2v) is 13.8. The quantitative estimate of drug-likeness (QED) is 0.140. The van der Waals surface area contributed by atoms with Crippen molar-refractivity contribution in [2.75, 3.05) is 13.2 Å². The van der Waals surface area contributed by atoms with Crippen molar-refractivity contribution in [3.8, 4) is 0 Å². The lowest BCUT2D eigenvalue weighted by atomic mass is 9.40. The van der Waals surface area contributed by atoms with E-state index in [4.69, 9.17) is 14.2 Å². The first-order chi connectivity index (χ1) is 19.2. The minimum absolute atomic E-state index is 0.0369. The molecule has 5 fully saturated rings. The van der Waals surface area contributed by atoms with E-state index >= 15 is 0 Å². The second-order valence-electron chi connectivity index (χ2n) is 13.8. The summed E-state index contributed by atoms with van der Waals surface area (Å²) in [7, 11) is 0. The third-order valence-electron chi connectivity index (χ3n) is 12.2. The van der Waals surface area contributed by atoms with Crippen molar-refractivity contribution in [3.05, 3.63) is 11.6 Å². The smallest absolute Gasteiger partial charge is 0.331 e. The Morgan fingerprint density at radius 2 is 1.76 bits per heavy atom. The van der Waals surface area contributed by atoms with E-state index in [0.29, 0.717) is 19.3 Å². The fraction of sp³-hybridized carbons (Fsp3) is 0.897. The van der Waals surface area contributed by atoms with E-state index in [9.17, 15) is 45.6 Å². The van der Waals surface area contributed by atoms with Gasteiger partial charge >= 0.3 is 5.97 Å². The summed E-state index contributed by atoms with van der Waals surface area (Å²) >= 11 is 0. The molecule has 12 nitrogen and oxygen atoms in total. The lowest BCUT2D eigenvalue weighted by Gasteiger charge is -2.68. The zero-order valence-corrected chi connectivity index (χ0v) is 23.5. The number of aliphatic hydroxyl groups is 8. The summed E-state index contributed by atoms with van der Waals surface area (Å²) in [5.41, 5.74) is -4.46. The monoisotopic (exact) mass is 584 g/mol. The van der Waals surface area contributed by atoms with Crippen molar-refractivity contribution in [1.29, 1.82) is 0 Å². The number of aliphatic hydroxyl groups excluding tert-OH is 6. The molecular weight excluding hydrogens is 540 g/mol. The summed E-state index contributed by atoms with van der Waals surface area (Å²) in [5.74, 6) is -1.93. The standard InChI is InChI=1S/C29H44O12/c1-13-22(34)23(35)24(36)25(40-13)41-15-8-19(32)28(12-30)21-17(3-5-27(28,37)9-15)29(38)6-4-16(14-7-20(33)39-11-14)26(29,2)10-18(21)31/h7,13,15-19,21-25,30-32,34-38H,3-6,8-12H2,1-2H3/t13-,15-,16-,17-,18+,19+,21-,22-,23+,24+,25-,26+,27-,28-,29+/m0/s1. The summed E-state index contributed by atoms with van der Waals surface area (Å²) < 4.78 is 16.7. The Morgan fingerprint density at radius 3 is 2.41 bits per heavy atom. The normalized spacial score (nSPS) is 56.9. The minimum atomic E-state index is -1.67. The van der Waals surface area contributed by atoms with Gasteiger partial charge in [-0.2, -0.15) is 0 Å². The summed E-state index contributed by atoms with van der Waals surface area (Å²) in [6, 6.07) is 0. The third-order valence-corrected chi connectivity index (χ3v) is 12.2. The Bertz CT molecular complexity index is 1080. The summed E-state index contributed by atoms with van der Waals surface area (Å²) in [4.78, 5) is 11.8. The molecule has 0 bridgehead atoms. The molecule has 6 aliphatic rings. The van der Waals surface area contributed by atoms with Crippen molar-refractivity contribution in [1.82, 2.24) is 0 Å². The van der Waals surface area contributed by atoms with E-state index in [0.717, 1.165) is 5.57 Å². The van der Waals surface area contributed by atoms with Gasteiger partial charge < -0.3 is 55.1 Å². The van der Waals surface area contributed by atoms with E-state index in [1.54, 1.807) is 0 Å². The van der Waals surface area contributed by atoms with Gasteiger partial charge in [0.1, 0.15) is 24.9 Å². The molecule has 12 heteroatoms. The van der Waals surface area contributed by atoms with Crippen molar-refractivity contribution in [2.45, 2.75) is 119 Å². The second kappa shape index (κ2) is 9.91. The summed E-state index contributed by atoms with van der Waals surface area (Å²) in [5, 5.41) is 89.6. The molecule has 0 aromatic heterocycles. The largest absolute Gasteiger partial charge is 0.458 e. The maximum atomic E-state index is 12.4. The fourth-order valence-electron chi connectivity index (χ4n) is 10.1. The van der Waals surface area contributed by atoms with Crippen LogP contribution in [-0.4, -0.2) is 120 Å². The van der Waals surface area contributed by atoms with Gasteiger partial charge in [-0.25, -0.2) is 4.79 Å². The SMILES string of the molecule is C[C@@H]1O[C@@H](O[C@H]2C[C@@H](O)[C@@]3(CO)[C@@H]4[C@H](O)C[C@]5(C)[C@H](C6=CC(=O)OC6)CC[C@@]5(O)[C@H]4CC[C@]3(O)C2)[C@H](O)[C@H](O)[C@H]1O. The number of hydrogen-bond acceptors (Lipinski definition) is 12.